The van der Waals surface area contributed by atoms with Crippen LogP contribution in [0.4, 0.5) is 9.59 Å². The second-order valence-corrected chi connectivity index (χ2v) is 6.70. The first-order chi connectivity index (χ1) is 12.0. The Morgan fingerprint density at radius 1 is 1.08 bits per heavy atom. The highest BCUT2D eigenvalue weighted by molar-refractivity contribution is 5.96. The number of hydrogen-bond donors (Lipinski definition) is 2. The molecule has 25 heavy (non-hydrogen) atoms. The Labute approximate surface area is 149 Å². The van der Waals surface area contributed by atoms with Crippen molar-refractivity contribution >= 4 is 18.0 Å². The number of nitrogens with zero attached hydrogens (tertiary/aromatic N) is 2. The minimum atomic E-state index is -0.415. The fraction of sp³-hybridized carbons (Fsp3) is 0.824. The van der Waals surface area contributed by atoms with Crippen LogP contribution in [-0.2, 0) is 9.53 Å². The van der Waals surface area contributed by atoms with Crippen LogP contribution < -0.4 is 10.6 Å². The van der Waals surface area contributed by atoms with Gasteiger partial charge in [-0.1, -0.05) is 19.3 Å². The minimum absolute atomic E-state index is 0.171. The molecule has 8 nitrogen and oxygen atoms in total. The van der Waals surface area contributed by atoms with E-state index in [9.17, 15) is 14.4 Å². The summed E-state index contributed by atoms with van der Waals surface area (Å²) >= 11 is 0. The van der Waals surface area contributed by atoms with Crippen LogP contribution in [0.25, 0.3) is 0 Å². The Bertz CT molecular complexity index is 471. The summed E-state index contributed by atoms with van der Waals surface area (Å²) in [6.07, 6.45) is 5.11. The molecule has 0 aromatic heterocycles. The van der Waals surface area contributed by atoms with E-state index in [4.69, 9.17) is 4.74 Å². The van der Waals surface area contributed by atoms with E-state index in [-0.39, 0.29) is 18.0 Å². The molecule has 1 saturated heterocycles. The zero-order valence-electron chi connectivity index (χ0n) is 15.3. The lowest BCUT2D eigenvalue weighted by molar-refractivity contribution is -0.125. The third-order valence-electron chi connectivity index (χ3n) is 4.94. The molecular formula is C17H30N4O4. The molecule has 1 heterocycles. The van der Waals surface area contributed by atoms with Crippen molar-refractivity contribution in [1.29, 1.82) is 0 Å². The Kier molecular flexibility index (Phi) is 7.49. The first-order valence-electron chi connectivity index (χ1n) is 9.28. The van der Waals surface area contributed by atoms with E-state index < -0.39 is 12.1 Å². The van der Waals surface area contributed by atoms with Gasteiger partial charge < -0.3 is 15.0 Å². The van der Waals surface area contributed by atoms with E-state index in [1.54, 1.807) is 18.7 Å². The molecule has 2 aliphatic rings. The molecule has 0 aromatic carbocycles. The van der Waals surface area contributed by atoms with E-state index in [1.165, 1.54) is 6.42 Å². The summed E-state index contributed by atoms with van der Waals surface area (Å²) < 4.78 is 4.99. The Balaban J connectivity index is 1.72. The van der Waals surface area contributed by atoms with Crippen LogP contribution in [0, 0.1) is 0 Å². The number of imide groups is 1. The van der Waals surface area contributed by atoms with Gasteiger partial charge in [-0.25, -0.2) is 9.59 Å². The molecule has 1 aliphatic heterocycles. The van der Waals surface area contributed by atoms with Gasteiger partial charge in [0.25, 0.3) is 0 Å². The van der Waals surface area contributed by atoms with Crippen molar-refractivity contribution in [2.24, 2.45) is 0 Å². The average molecular weight is 354 g/mol. The number of urea groups is 1. The molecule has 2 N–H and O–H groups in total. The maximum atomic E-state index is 12.3. The van der Waals surface area contributed by atoms with Crippen molar-refractivity contribution in [3.05, 3.63) is 0 Å². The molecule has 1 aliphatic carbocycles. The van der Waals surface area contributed by atoms with Crippen LogP contribution in [0.2, 0.25) is 0 Å². The number of rotatable bonds is 4. The summed E-state index contributed by atoms with van der Waals surface area (Å²) in [6.45, 7) is 6.11. The Morgan fingerprint density at radius 2 is 1.72 bits per heavy atom. The third kappa shape index (κ3) is 5.88. The number of nitrogens with one attached hydrogen (secondary N) is 2. The quantitative estimate of drug-likeness (QED) is 0.794. The van der Waals surface area contributed by atoms with E-state index in [2.05, 4.69) is 10.6 Å². The highest BCUT2D eigenvalue weighted by Crippen LogP contribution is 2.17. The maximum absolute atomic E-state index is 12.3. The molecule has 2 rings (SSSR count). The first kappa shape index (κ1) is 19.5. The second-order valence-electron chi connectivity index (χ2n) is 6.70. The number of hydrogen-bond acceptors (Lipinski definition) is 5. The lowest BCUT2D eigenvalue weighted by Gasteiger charge is -2.36. The largest absolute Gasteiger partial charge is 0.450 e. The summed E-state index contributed by atoms with van der Waals surface area (Å²) in [5.74, 6) is -0.308. The SMILES string of the molecule is CCOC(=O)N1CCN([C@H](C)C(=O)NC(=O)NC2CCCCC2)CC1. The van der Waals surface area contributed by atoms with Crippen molar-refractivity contribution in [3.63, 3.8) is 0 Å². The first-order valence-corrected chi connectivity index (χ1v) is 9.28. The van der Waals surface area contributed by atoms with Crippen molar-refractivity contribution in [3.8, 4) is 0 Å². The molecule has 0 spiro atoms. The van der Waals surface area contributed by atoms with Crippen molar-refractivity contribution in [2.75, 3.05) is 32.8 Å². The van der Waals surface area contributed by atoms with Crippen LogP contribution in [0.3, 0.4) is 0 Å². The molecular weight excluding hydrogens is 324 g/mol. The Hall–Kier alpha value is -1.83. The van der Waals surface area contributed by atoms with Gasteiger partial charge in [-0.15, -0.1) is 0 Å². The smallest absolute Gasteiger partial charge is 0.409 e. The fourth-order valence-electron chi connectivity index (χ4n) is 3.36. The van der Waals surface area contributed by atoms with E-state index in [1.807, 2.05) is 4.90 Å². The fourth-order valence-corrected chi connectivity index (χ4v) is 3.36. The number of ether oxygens (including phenoxy) is 1. The summed E-state index contributed by atoms with van der Waals surface area (Å²) in [4.78, 5) is 39.6. The molecule has 4 amide bonds. The number of piperazine rings is 1. The maximum Gasteiger partial charge on any atom is 0.409 e. The number of amides is 4. The molecule has 1 atom stereocenters. The van der Waals surface area contributed by atoms with E-state index in [0.29, 0.717) is 32.8 Å². The molecule has 8 heteroatoms. The second kappa shape index (κ2) is 9.60. The van der Waals surface area contributed by atoms with E-state index >= 15 is 0 Å². The standard InChI is InChI=1S/C17H30N4O4/c1-3-25-17(24)21-11-9-20(10-12-21)13(2)15(22)19-16(23)18-14-7-5-4-6-8-14/h13-14H,3-12H2,1-2H3,(H2,18,19,22,23)/t13-/m1/s1. The van der Waals surface area contributed by atoms with Crippen LogP contribution in [-0.4, -0.2) is 72.7 Å². The van der Waals surface area contributed by atoms with Gasteiger partial charge in [0.1, 0.15) is 0 Å². The highest BCUT2D eigenvalue weighted by Gasteiger charge is 2.29. The van der Waals surface area contributed by atoms with Gasteiger partial charge in [0, 0.05) is 32.2 Å². The zero-order valence-corrected chi connectivity index (χ0v) is 15.3. The predicted molar refractivity (Wildman–Crippen MR) is 93.2 cm³/mol. The summed E-state index contributed by atoms with van der Waals surface area (Å²) in [5, 5.41) is 5.33. The molecule has 2 fully saturated rings. The summed E-state index contributed by atoms with van der Waals surface area (Å²) in [5.41, 5.74) is 0. The highest BCUT2D eigenvalue weighted by atomic mass is 16.6. The van der Waals surface area contributed by atoms with Gasteiger partial charge in [-0.05, 0) is 26.7 Å². The zero-order chi connectivity index (χ0) is 18.2. The normalized spacial score (nSPS) is 20.6. The topological polar surface area (TPSA) is 91.0 Å². The molecule has 1 saturated carbocycles. The van der Waals surface area contributed by atoms with E-state index in [0.717, 1.165) is 25.7 Å². The van der Waals surface area contributed by atoms with Crippen LogP contribution in [0.15, 0.2) is 0 Å². The minimum Gasteiger partial charge on any atom is -0.450 e. The lowest BCUT2D eigenvalue weighted by Crippen LogP contribution is -2.56. The van der Waals surface area contributed by atoms with Gasteiger partial charge in [-0.2, -0.15) is 0 Å². The molecule has 0 aromatic rings. The number of carbonyl (C=O) groups is 3. The van der Waals surface area contributed by atoms with Crippen molar-refractivity contribution in [1.82, 2.24) is 20.4 Å². The summed E-state index contributed by atoms with van der Waals surface area (Å²) in [7, 11) is 0. The lowest BCUT2D eigenvalue weighted by atomic mass is 9.96. The third-order valence-corrected chi connectivity index (χ3v) is 4.94. The molecule has 0 unspecified atom stereocenters. The van der Waals surface area contributed by atoms with Crippen LogP contribution in [0.5, 0.6) is 0 Å². The summed E-state index contributed by atoms with van der Waals surface area (Å²) in [6, 6.07) is -0.652. The van der Waals surface area contributed by atoms with Crippen molar-refractivity contribution < 1.29 is 19.1 Å². The van der Waals surface area contributed by atoms with Crippen molar-refractivity contribution in [2.45, 2.75) is 58.0 Å². The van der Waals surface area contributed by atoms with Gasteiger partial charge in [-0.3, -0.25) is 15.0 Å². The van der Waals surface area contributed by atoms with Gasteiger partial charge in [0.05, 0.1) is 12.6 Å². The van der Waals surface area contributed by atoms with Gasteiger partial charge >= 0.3 is 12.1 Å². The molecule has 142 valence electrons. The van der Waals surface area contributed by atoms with Crippen LogP contribution in [0.1, 0.15) is 46.0 Å². The predicted octanol–water partition coefficient (Wildman–Crippen LogP) is 1.31. The van der Waals surface area contributed by atoms with Gasteiger partial charge in [0.2, 0.25) is 5.91 Å². The average Bonchev–Trinajstić information content (AvgIpc) is 2.62. The molecule has 0 radical (unpaired) electrons. The number of carbonyl (C=O) groups excluding carboxylic acids is 3. The Morgan fingerprint density at radius 3 is 2.32 bits per heavy atom. The van der Waals surface area contributed by atoms with Crippen LogP contribution >= 0.6 is 0 Å². The van der Waals surface area contributed by atoms with Gasteiger partial charge in [0.15, 0.2) is 0 Å². The monoisotopic (exact) mass is 354 g/mol. The molecule has 0 bridgehead atoms.